The van der Waals surface area contributed by atoms with Gasteiger partial charge in [-0.25, -0.2) is 14.2 Å². The average Bonchev–Trinajstić information content (AvgIpc) is 3.30. The van der Waals surface area contributed by atoms with Crippen molar-refractivity contribution in [2.24, 2.45) is 4.99 Å². The van der Waals surface area contributed by atoms with E-state index in [1.165, 1.54) is 30.6 Å². The molecule has 0 aliphatic carbocycles. The number of esters is 1. The topological polar surface area (TPSA) is 79.1 Å². The second kappa shape index (κ2) is 13.0. The van der Waals surface area contributed by atoms with Gasteiger partial charge >= 0.3 is 5.97 Å². The number of methoxy groups -OCH3 is 1. The van der Waals surface area contributed by atoms with Gasteiger partial charge in [0, 0.05) is 0 Å². The first-order valence-electron chi connectivity index (χ1n) is 13.4. The molecular formula is C32H28FIN2O5S. The molecule has 0 saturated carbocycles. The molecule has 0 radical (unpaired) electrons. The molecule has 0 unspecified atom stereocenters. The van der Waals surface area contributed by atoms with Crippen molar-refractivity contribution in [3.8, 4) is 11.5 Å². The van der Waals surface area contributed by atoms with Crippen LogP contribution in [0.2, 0.25) is 0 Å². The highest BCUT2D eigenvalue weighted by Crippen LogP contribution is 2.35. The van der Waals surface area contributed by atoms with Crippen LogP contribution < -0.4 is 24.4 Å². The van der Waals surface area contributed by atoms with Gasteiger partial charge < -0.3 is 14.2 Å². The van der Waals surface area contributed by atoms with E-state index in [4.69, 9.17) is 19.2 Å². The monoisotopic (exact) mass is 698 g/mol. The molecule has 1 aliphatic rings. The zero-order chi connectivity index (χ0) is 29.8. The summed E-state index contributed by atoms with van der Waals surface area (Å²) in [5, 5.41) is 0. The number of allylic oxidation sites excluding steroid dienone is 1. The van der Waals surface area contributed by atoms with Crippen molar-refractivity contribution in [3.63, 3.8) is 0 Å². The van der Waals surface area contributed by atoms with Gasteiger partial charge in [-0.05, 0) is 83.0 Å². The number of benzene rings is 3. The van der Waals surface area contributed by atoms with E-state index < -0.39 is 12.0 Å². The van der Waals surface area contributed by atoms with Crippen molar-refractivity contribution in [1.29, 1.82) is 0 Å². The molecule has 0 fully saturated rings. The maximum atomic E-state index is 13.9. The maximum Gasteiger partial charge on any atom is 0.338 e. The van der Waals surface area contributed by atoms with Crippen LogP contribution in [0.5, 0.6) is 11.5 Å². The molecule has 216 valence electrons. The van der Waals surface area contributed by atoms with Gasteiger partial charge in [0.1, 0.15) is 12.4 Å². The Labute approximate surface area is 259 Å². The van der Waals surface area contributed by atoms with E-state index in [-0.39, 0.29) is 18.0 Å². The minimum atomic E-state index is -0.662. The summed E-state index contributed by atoms with van der Waals surface area (Å²) in [7, 11) is 1.33. The summed E-state index contributed by atoms with van der Waals surface area (Å²) < 4.78 is 33.5. The second-order valence-corrected chi connectivity index (χ2v) is 11.6. The highest BCUT2D eigenvalue weighted by molar-refractivity contribution is 14.1. The third-order valence-electron chi connectivity index (χ3n) is 6.67. The molecule has 10 heteroatoms. The predicted molar refractivity (Wildman–Crippen MR) is 168 cm³/mol. The molecule has 0 N–H and O–H groups in total. The van der Waals surface area contributed by atoms with E-state index in [2.05, 4.69) is 22.6 Å². The first-order valence-corrected chi connectivity index (χ1v) is 15.3. The molecule has 0 amide bonds. The SMILES string of the molecule is CCOc1cc(/C=c2\sc3n(c2=O)[C@@H](c2ccccc2)C(C(=O)OC)=C(CC)N=3)cc(I)c1OCc1cccc(F)c1. The molecule has 42 heavy (non-hydrogen) atoms. The lowest BCUT2D eigenvalue weighted by Gasteiger charge is -2.25. The van der Waals surface area contributed by atoms with Crippen LogP contribution >= 0.6 is 33.9 Å². The van der Waals surface area contributed by atoms with Crippen LogP contribution in [0.1, 0.15) is 43.0 Å². The Balaban J connectivity index is 1.60. The number of carbonyl (C=O) groups is 1. The van der Waals surface area contributed by atoms with Crippen molar-refractivity contribution < 1.29 is 23.4 Å². The number of rotatable bonds is 9. The van der Waals surface area contributed by atoms with E-state index in [1.807, 2.05) is 56.3 Å². The lowest BCUT2D eigenvalue weighted by Crippen LogP contribution is -2.40. The number of fused-ring (bicyclic) bond motifs is 1. The fourth-order valence-electron chi connectivity index (χ4n) is 4.82. The zero-order valence-corrected chi connectivity index (χ0v) is 26.2. The zero-order valence-electron chi connectivity index (χ0n) is 23.2. The molecule has 0 spiro atoms. The van der Waals surface area contributed by atoms with Crippen molar-refractivity contribution >= 4 is 46.0 Å². The van der Waals surface area contributed by atoms with Crippen LogP contribution in [0, 0.1) is 9.39 Å². The molecule has 0 bridgehead atoms. The van der Waals surface area contributed by atoms with E-state index in [9.17, 15) is 14.0 Å². The van der Waals surface area contributed by atoms with Crippen molar-refractivity contribution in [3.05, 3.63) is 124 Å². The lowest BCUT2D eigenvalue weighted by molar-refractivity contribution is -0.136. The van der Waals surface area contributed by atoms with Gasteiger partial charge in [0.15, 0.2) is 16.3 Å². The maximum absolute atomic E-state index is 13.9. The molecule has 4 aromatic rings. The number of ether oxygens (including phenoxy) is 3. The number of halogens is 2. The summed E-state index contributed by atoms with van der Waals surface area (Å²) in [4.78, 5) is 32.1. The van der Waals surface area contributed by atoms with E-state index in [1.54, 1.807) is 22.8 Å². The largest absolute Gasteiger partial charge is 0.490 e. The third kappa shape index (κ3) is 6.05. The smallest absolute Gasteiger partial charge is 0.338 e. The molecular weight excluding hydrogens is 670 g/mol. The summed E-state index contributed by atoms with van der Waals surface area (Å²) in [6.45, 7) is 4.38. The van der Waals surface area contributed by atoms with Gasteiger partial charge in [0.25, 0.3) is 5.56 Å². The van der Waals surface area contributed by atoms with Gasteiger partial charge in [-0.2, -0.15) is 0 Å². The Kier molecular flexibility index (Phi) is 9.22. The number of aromatic nitrogens is 1. The summed E-state index contributed by atoms with van der Waals surface area (Å²) >= 11 is 3.43. The van der Waals surface area contributed by atoms with Crippen LogP contribution in [0.4, 0.5) is 4.39 Å². The fourth-order valence-corrected chi connectivity index (χ4v) is 6.62. The van der Waals surface area contributed by atoms with Gasteiger partial charge in [-0.3, -0.25) is 9.36 Å². The summed E-state index contributed by atoms with van der Waals surface area (Å²) in [6, 6.07) is 18.7. The van der Waals surface area contributed by atoms with Crippen LogP contribution in [0.15, 0.2) is 87.8 Å². The second-order valence-electron chi connectivity index (χ2n) is 9.38. The van der Waals surface area contributed by atoms with Gasteiger partial charge in [-0.15, -0.1) is 0 Å². The van der Waals surface area contributed by atoms with Crippen LogP contribution in [0.25, 0.3) is 6.08 Å². The standard InChI is InChI=1S/C32H28FIN2O5S/c1-4-24-27(31(38)39-3)28(21-11-7-6-8-12-21)36-30(37)26(42-32(36)35-24)17-20-15-23(34)29(25(16-20)40-5-2)41-18-19-10-9-13-22(33)14-19/h6-17,28H,4-5,18H2,1-3H3/b26-17-/t28-/m0/s1. The number of carbonyl (C=O) groups excluding carboxylic acids is 1. The molecule has 1 aromatic heterocycles. The quantitative estimate of drug-likeness (QED) is 0.170. The molecule has 1 atom stereocenters. The fraction of sp³-hybridized carbons (Fsp3) is 0.219. The Morgan fingerprint density at radius 1 is 1.10 bits per heavy atom. The van der Waals surface area contributed by atoms with Crippen LogP contribution in [0.3, 0.4) is 0 Å². The molecule has 0 saturated heterocycles. The number of hydrogen-bond acceptors (Lipinski definition) is 7. The lowest BCUT2D eigenvalue weighted by atomic mass is 9.95. The number of hydrogen-bond donors (Lipinski definition) is 0. The Hall–Kier alpha value is -3.77. The minimum absolute atomic E-state index is 0.174. The van der Waals surface area contributed by atoms with Gasteiger partial charge in [-0.1, -0.05) is 60.7 Å². The van der Waals surface area contributed by atoms with Crippen molar-refractivity contribution in [2.45, 2.75) is 32.9 Å². The van der Waals surface area contributed by atoms with Crippen molar-refractivity contribution in [1.82, 2.24) is 4.57 Å². The molecule has 5 rings (SSSR count). The van der Waals surface area contributed by atoms with Crippen LogP contribution in [-0.4, -0.2) is 24.3 Å². The summed E-state index contributed by atoms with van der Waals surface area (Å²) in [5.74, 6) is 0.221. The normalized spacial score (nSPS) is 14.8. The van der Waals surface area contributed by atoms with Crippen molar-refractivity contribution in [2.75, 3.05) is 13.7 Å². The van der Waals surface area contributed by atoms with Crippen LogP contribution in [-0.2, 0) is 16.1 Å². The Morgan fingerprint density at radius 3 is 2.57 bits per heavy atom. The predicted octanol–water partition coefficient (Wildman–Crippen LogP) is 5.52. The minimum Gasteiger partial charge on any atom is -0.490 e. The highest BCUT2D eigenvalue weighted by Gasteiger charge is 2.33. The van der Waals surface area contributed by atoms with E-state index in [0.717, 1.165) is 14.7 Å². The molecule has 7 nitrogen and oxygen atoms in total. The van der Waals surface area contributed by atoms with E-state index in [0.29, 0.717) is 50.7 Å². The first kappa shape index (κ1) is 29.7. The van der Waals surface area contributed by atoms with Gasteiger partial charge in [0.05, 0.1) is 39.1 Å². The Bertz CT molecular complexity index is 1850. The average molecular weight is 699 g/mol. The summed E-state index contributed by atoms with van der Waals surface area (Å²) in [5.41, 5.74) is 2.92. The van der Waals surface area contributed by atoms with E-state index >= 15 is 0 Å². The Morgan fingerprint density at radius 2 is 1.88 bits per heavy atom. The first-order chi connectivity index (χ1) is 20.3. The van der Waals surface area contributed by atoms with Gasteiger partial charge in [0.2, 0.25) is 0 Å². The highest BCUT2D eigenvalue weighted by atomic mass is 127. The molecule has 1 aliphatic heterocycles. The molecule has 3 aromatic carbocycles. The number of nitrogens with zero attached hydrogens (tertiary/aromatic N) is 2. The number of thiazole rings is 1. The third-order valence-corrected chi connectivity index (χ3v) is 8.45. The molecule has 2 heterocycles. The summed E-state index contributed by atoms with van der Waals surface area (Å²) in [6.07, 6.45) is 2.30.